The molecule has 1 amide bonds. The van der Waals surface area contributed by atoms with Gasteiger partial charge in [-0.15, -0.1) is 0 Å². The maximum Gasteiger partial charge on any atom is 0.268 e. The summed E-state index contributed by atoms with van der Waals surface area (Å²) < 4.78 is 1.92. The molecular weight excluding hydrogens is 238 g/mol. The van der Waals surface area contributed by atoms with Crippen molar-refractivity contribution >= 4 is 5.91 Å². The van der Waals surface area contributed by atoms with Gasteiger partial charge in [0.15, 0.2) is 0 Å². The lowest BCUT2D eigenvalue weighted by Gasteiger charge is -2.08. The lowest BCUT2D eigenvalue weighted by molar-refractivity contribution is 0.0942. The van der Waals surface area contributed by atoms with Crippen LogP contribution in [-0.2, 0) is 19.6 Å². The standard InChI is InChI=1S/C15H19N3O/c1-2-18-9-3-4-14(18)15(19)17-11-13-7-5-12(10-16)6-8-13/h3-9H,2,10-11,16H2,1H3,(H,17,19). The highest BCUT2D eigenvalue weighted by Crippen LogP contribution is 2.05. The number of carbonyl (C=O) groups excluding carboxylic acids is 1. The Morgan fingerprint density at radius 1 is 1.21 bits per heavy atom. The monoisotopic (exact) mass is 257 g/mol. The Hall–Kier alpha value is -2.07. The van der Waals surface area contributed by atoms with Gasteiger partial charge in [-0.25, -0.2) is 0 Å². The van der Waals surface area contributed by atoms with Crippen molar-refractivity contribution in [2.75, 3.05) is 0 Å². The molecule has 0 bridgehead atoms. The number of benzene rings is 1. The summed E-state index contributed by atoms with van der Waals surface area (Å²) >= 11 is 0. The van der Waals surface area contributed by atoms with Crippen LogP contribution in [0.4, 0.5) is 0 Å². The quantitative estimate of drug-likeness (QED) is 0.859. The Morgan fingerprint density at radius 3 is 2.53 bits per heavy atom. The number of aryl methyl sites for hydroxylation is 1. The van der Waals surface area contributed by atoms with Gasteiger partial charge in [0.05, 0.1) is 0 Å². The lowest BCUT2D eigenvalue weighted by Crippen LogP contribution is -2.25. The van der Waals surface area contributed by atoms with Gasteiger partial charge in [0.2, 0.25) is 0 Å². The first kappa shape index (κ1) is 13.4. The third kappa shape index (κ3) is 3.23. The zero-order chi connectivity index (χ0) is 13.7. The van der Waals surface area contributed by atoms with Crippen molar-refractivity contribution in [2.24, 2.45) is 5.73 Å². The van der Waals surface area contributed by atoms with Crippen LogP contribution in [0, 0.1) is 0 Å². The summed E-state index contributed by atoms with van der Waals surface area (Å²) in [7, 11) is 0. The highest BCUT2D eigenvalue weighted by atomic mass is 16.1. The zero-order valence-corrected chi connectivity index (χ0v) is 11.1. The highest BCUT2D eigenvalue weighted by Gasteiger charge is 2.09. The Bertz CT molecular complexity index is 543. The molecule has 1 aromatic heterocycles. The first-order valence-corrected chi connectivity index (χ1v) is 6.45. The number of hydrogen-bond acceptors (Lipinski definition) is 2. The topological polar surface area (TPSA) is 60.0 Å². The first-order chi connectivity index (χ1) is 9.24. The fourth-order valence-corrected chi connectivity index (χ4v) is 1.96. The van der Waals surface area contributed by atoms with Crippen molar-refractivity contribution in [3.63, 3.8) is 0 Å². The number of amides is 1. The highest BCUT2D eigenvalue weighted by molar-refractivity contribution is 5.92. The van der Waals surface area contributed by atoms with Gasteiger partial charge in [0.25, 0.3) is 5.91 Å². The number of nitrogens with zero attached hydrogens (tertiary/aromatic N) is 1. The van der Waals surface area contributed by atoms with E-state index in [-0.39, 0.29) is 5.91 Å². The summed E-state index contributed by atoms with van der Waals surface area (Å²) in [4.78, 5) is 12.0. The summed E-state index contributed by atoms with van der Waals surface area (Å²) in [5.74, 6) is -0.0465. The van der Waals surface area contributed by atoms with Crippen LogP contribution in [0.15, 0.2) is 42.6 Å². The largest absolute Gasteiger partial charge is 0.347 e. The number of rotatable bonds is 5. The molecule has 3 N–H and O–H groups in total. The van der Waals surface area contributed by atoms with Gasteiger partial charge in [-0.2, -0.15) is 0 Å². The number of carbonyl (C=O) groups is 1. The maximum atomic E-state index is 12.0. The van der Waals surface area contributed by atoms with Crippen LogP contribution in [0.25, 0.3) is 0 Å². The van der Waals surface area contributed by atoms with Crippen molar-refractivity contribution in [2.45, 2.75) is 26.6 Å². The normalized spacial score (nSPS) is 10.4. The van der Waals surface area contributed by atoms with E-state index >= 15 is 0 Å². The smallest absolute Gasteiger partial charge is 0.268 e. The second-order valence-corrected chi connectivity index (χ2v) is 4.38. The number of aromatic nitrogens is 1. The van der Waals surface area contributed by atoms with E-state index < -0.39 is 0 Å². The van der Waals surface area contributed by atoms with Crippen molar-refractivity contribution in [3.05, 3.63) is 59.4 Å². The van der Waals surface area contributed by atoms with Gasteiger partial charge in [0, 0.05) is 25.8 Å². The molecule has 0 saturated carbocycles. The van der Waals surface area contributed by atoms with Crippen molar-refractivity contribution < 1.29 is 4.79 Å². The summed E-state index contributed by atoms with van der Waals surface area (Å²) in [5.41, 5.74) is 8.40. The molecule has 19 heavy (non-hydrogen) atoms. The molecule has 4 heteroatoms. The molecule has 0 aliphatic carbocycles. The summed E-state index contributed by atoms with van der Waals surface area (Å²) in [5, 5.41) is 2.92. The SMILES string of the molecule is CCn1cccc1C(=O)NCc1ccc(CN)cc1. The molecule has 0 spiro atoms. The molecule has 2 aromatic rings. The van der Waals surface area contributed by atoms with Crippen LogP contribution in [-0.4, -0.2) is 10.5 Å². The Kier molecular flexibility index (Phi) is 4.36. The Labute approximate surface area is 113 Å². The fourth-order valence-electron chi connectivity index (χ4n) is 1.96. The van der Waals surface area contributed by atoms with E-state index in [9.17, 15) is 4.79 Å². The Morgan fingerprint density at radius 2 is 1.89 bits per heavy atom. The molecule has 0 aliphatic heterocycles. The predicted octanol–water partition coefficient (Wildman–Crippen LogP) is 1.90. The van der Waals surface area contributed by atoms with Gasteiger partial charge >= 0.3 is 0 Å². The molecule has 0 radical (unpaired) electrons. The van der Waals surface area contributed by atoms with Gasteiger partial charge in [0.1, 0.15) is 5.69 Å². The summed E-state index contributed by atoms with van der Waals surface area (Å²) in [6, 6.07) is 11.7. The molecule has 100 valence electrons. The van der Waals surface area contributed by atoms with E-state index in [1.807, 2.05) is 54.1 Å². The van der Waals surface area contributed by atoms with Crippen LogP contribution in [0.3, 0.4) is 0 Å². The van der Waals surface area contributed by atoms with E-state index in [1.165, 1.54) is 0 Å². The first-order valence-electron chi connectivity index (χ1n) is 6.45. The second-order valence-electron chi connectivity index (χ2n) is 4.38. The minimum absolute atomic E-state index is 0.0465. The minimum atomic E-state index is -0.0465. The number of nitrogens with one attached hydrogen (secondary N) is 1. The minimum Gasteiger partial charge on any atom is -0.347 e. The van der Waals surface area contributed by atoms with Crippen LogP contribution >= 0.6 is 0 Å². The van der Waals surface area contributed by atoms with Gasteiger partial charge in [-0.1, -0.05) is 24.3 Å². The van der Waals surface area contributed by atoms with Crippen LogP contribution < -0.4 is 11.1 Å². The van der Waals surface area contributed by atoms with Gasteiger partial charge in [-0.05, 0) is 30.2 Å². The third-order valence-corrected chi connectivity index (χ3v) is 3.11. The fraction of sp³-hybridized carbons (Fsp3) is 0.267. The van der Waals surface area contributed by atoms with E-state index in [0.29, 0.717) is 18.8 Å². The average Bonchev–Trinajstić information content (AvgIpc) is 2.93. The third-order valence-electron chi connectivity index (χ3n) is 3.11. The van der Waals surface area contributed by atoms with E-state index in [0.717, 1.165) is 17.7 Å². The van der Waals surface area contributed by atoms with Crippen LogP contribution in [0.2, 0.25) is 0 Å². The predicted molar refractivity (Wildman–Crippen MR) is 75.6 cm³/mol. The number of nitrogens with two attached hydrogens (primary N) is 1. The molecule has 0 unspecified atom stereocenters. The molecule has 0 atom stereocenters. The van der Waals surface area contributed by atoms with E-state index in [4.69, 9.17) is 5.73 Å². The lowest BCUT2D eigenvalue weighted by atomic mass is 10.1. The summed E-state index contributed by atoms with van der Waals surface area (Å²) in [6.07, 6.45) is 1.91. The molecule has 0 aliphatic rings. The molecule has 4 nitrogen and oxygen atoms in total. The molecule has 0 saturated heterocycles. The number of hydrogen-bond donors (Lipinski definition) is 2. The zero-order valence-electron chi connectivity index (χ0n) is 11.1. The van der Waals surface area contributed by atoms with E-state index in [2.05, 4.69) is 5.32 Å². The van der Waals surface area contributed by atoms with Crippen molar-refractivity contribution in [1.82, 2.24) is 9.88 Å². The maximum absolute atomic E-state index is 12.0. The molecule has 0 fully saturated rings. The van der Waals surface area contributed by atoms with Gasteiger partial charge < -0.3 is 15.6 Å². The summed E-state index contributed by atoms with van der Waals surface area (Å²) in [6.45, 7) is 3.87. The molecule has 1 heterocycles. The molecular formula is C15H19N3O. The van der Waals surface area contributed by atoms with E-state index in [1.54, 1.807) is 0 Å². The van der Waals surface area contributed by atoms with Crippen LogP contribution in [0.5, 0.6) is 0 Å². The second kappa shape index (κ2) is 6.20. The molecule has 1 aromatic carbocycles. The van der Waals surface area contributed by atoms with Gasteiger partial charge in [-0.3, -0.25) is 4.79 Å². The molecule has 2 rings (SSSR count). The average molecular weight is 257 g/mol. The van der Waals surface area contributed by atoms with Crippen molar-refractivity contribution in [1.29, 1.82) is 0 Å². The Balaban J connectivity index is 1.96. The van der Waals surface area contributed by atoms with Crippen LogP contribution in [0.1, 0.15) is 28.5 Å². The van der Waals surface area contributed by atoms with Crippen molar-refractivity contribution in [3.8, 4) is 0 Å².